The second kappa shape index (κ2) is 6.10. The van der Waals surface area contributed by atoms with Crippen molar-refractivity contribution < 1.29 is 13.9 Å². The lowest BCUT2D eigenvalue weighted by Crippen LogP contribution is -2.42. The van der Waals surface area contributed by atoms with E-state index in [1.807, 2.05) is 0 Å². The van der Waals surface area contributed by atoms with Crippen molar-refractivity contribution in [3.63, 3.8) is 0 Å². The minimum absolute atomic E-state index is 0.0954. The van der Waals surface area contributed by atoms with Crippen LogP contribution >= 0.6 is 0 Å². The summed E-state index contributed by atoms with van der Waals surface area (Å²) < 4.78 is 25.5. The molecule has 1 fully saturated rings. The number of halogens is 1. The zero-order valence-corrected chi connectivity index (χ0v) is 12.7. The molecule has 3 nitrogen and oxygen atoms in total. The molecule has 0 amide bonds. The van der Waals surface area contributed by atoms with Gasteiger partial charge in [0, 0.05) is 13.1 Å². The molecule has 1 N–H and O–H groups in total. The summed E-state index contributed by atoms with van der Waals surface area (Å²) >= 11 is 0. The van der Waals surface area contributed by atoms with Gasteiger partial charge in [-0.2, -0.15) is 0 Å². The van der Waals surface area contributed by atoms with Gasteiger partial charge in [0.2, 0.25) is 0 Å². The van der Waals surface area contributed by atoms with Crippen molar-refractivity contribution in [1.82, 2.24) is 5.32 Å². The Kier molecular flexibility index (Phi) is 4.66. The molecule has 1 saturated heterocycles. The molecule has 0 aliphatic carbocycles. The summed E-state index contributed by atoms with van der Waals surface area (Å²) in [6, 6.07) is 4.88. The first kappa shape index (κ1) is 15.3. The number of benzene rings is 1. The Morgan fingerprint density at radius 3 is 2.75 bits per heavy atom. The van der Waals surface area contributed by atoms with Crippen LogP contribution in [-0.4, -0.2) is 26.3 Å². The average Bonchev–Trinajstić information content (AvgIpc) is 2.36. The maximum Gasteiger partial charge on any atom is 0.132 e. The van der Waals surface area contributed by atoms with Crippen LogP contribution in [0.25, 0.3) is 0 Å². The molecule has 1 aliphatic rings. The summed E-state index contributed by atoms with van der Waals surface area (Å²) in [5.41, 5.74) is 0.703. The Labute approximate surface area is 120 Å². The van der Waals surface area contributed by atoms with Crippen LogP contribution in [0.4, 0.5) is 4.39 Å². The maximum atomic E-state index is 14.1. The molecule has 0 aromatic heterocycles. The molecular formula is C16H24FNO2. The molecule has 2 atom stereocenters. The third kappa shape index (κ3) is 3.70. The van der Waals surface area contributed by atoms with Crippen molar-refractivity contribution in [2.45, 2.75) is 39.4 Å². The molecule has 4 heteroatoms. The fourth-order valence-corrected chi connectivity index (χ4v) is 2.69. The van der Waals surface area contributed by atoms with E-state index in [-0.39, 0.29) is 23.4 Å². The van der Waals surface area contributed by atoms with Gasteiger partial charge in [-0.1, -0.05) is 26.8 Å². The van der Waals surface area contributed by atoms with Crippen LogP contribution < -0.4 is 10.1 Å². The number of methoxy groups -OCH3 is 1. The standard InChI is InChI=1S/C16H24FNO2/c1-16(2,3)8-11-9-18-10-14(20-11)15-12(17)6-5-7-13(15)19-4/h5-7,11,14,18H,8-10H2,1-4H3. The van der Waals surface area contributed by atoms with E-state index in [2.05, 4.69) is 26.1 Å². The Bertz CT molecular complexity index is 456. The fraction of sp³-hybridized carbons (Fsp3) is 0.625. The third-order valence-electron chi connectivity index (χ3n) is 3.45. The highest BCUT2D eigenvalue weighted by Crippen LogP contribution is 2.34. The van der Waals surface area contributed by atoms with Crippen molar-refractivity contribution in [1.29, 1.82) is 0 Å². The number of ether oxygens (including phenoxy) is 2. The van der Waals surface area contributed by atoms with Gasteiger partial charge in [-0.25, -0.2) is 4.39 Å². The van der Waals surface area contributed by atoms with Crippen LogP contribution in [0.15, 0.2) is 18.2 Å². The van der Waals surface area contributed by atoms with Gasteiger partial charge in [-0.15, -0.1) is 0 Å². The lowest BCUT2D eigenvalue weighted by Gasteiger charge is -2.35. The largest absolute Gasteiger partial charge is 0.496 e. The number of morpholine rings is 1. The van der Waals surface area contributed by atoms with Crippen molar-refractivity contribution in [3.05, 3.63) is 29.6 Å². The van der Waals surface area contributed by atoms with Crippen LogP contribution in [0.3, 0.4) is 0 Å². The first-order chi connectivity index (χ1) is 9.40. The highest BCUT2D eigenvalue weighted by molar-refractivity contribution is 5.37. The van der Waals surface area contributed by atoms with Gasteiger partial charge in [0.05, 0.1) is 18.8 Å². The molecule has 1 aromatic carbocycles. The minimum atomic E-state index is -0.299. The van der Waals surface area contributed by atoms with E-state index in [0.29, 0.717) is 17.9 Å². The minimum Gasteiger partial charge on any atom is -0.496 e. The molecule has 1 aliphatic heterocycles. The lowest BCUT2D eigenvalue weighted by atomic mass is 9.88. The molecule has 1 aromatic rings. The van der Waals surface area contributed by atoms with Crippen molar-refractivity contribution in [3.8, 4) is 5.75 Å². The van der Waals surface area contributed by atoms with Crippen LogP contribution in [0.1, 0.15) is 38.9 Å². The summed E-state index contributed by atoms with van der Waals surface area (Å²) in [6.07, 6.45) is 0.734. The molecular weight excluding hydrogens is 257 g/mol. The van der Waals surface area contributed by atoms with Crippen LogP contribution in [0.5, 0.6) is 5.75 Å². The van der Waals surface area contributed by atoms with E-state index in [9.17, 15) is 4.39 Å². The third-order valence-corrected chi connectivity index (χ3v) is 3.45. The molecule has 2 unspecified atom stereocenters. The lowest BCUT2D eigenvalue weighted by molar-refractivity contribution is -0.0573. The van der Waals surface area contributed by atoms with E-state index >= 15 is 0 Å². The summed E-state index contributed by atoms with van der Waals surface area (Å²) in [5, 5.41) is 3.34. The molecule has 2 rings (SSSR count). The first-order valence-corrected chi connectivity index (χ1v) is 7.09. The van der Waals surface area contributed by atoms with E-state index < -0.39 is 0 Å². The summed E-state index contributed by atoms with van der Waals surface area (Å²) in [4.78, 5) is 0. The second-order valence-electron chi connectivity index (χ2n) is 6.53. The second-order valence-corrected chi connectivity index (χ2v) is 6.53. The van der Waals surface area contributed by atoms with E-state index in [1.54, 1.807) is 19.2 Å². The number of rotatable bonds is 3. The van der Waals surface area contributed by atoms with Crippen LogP contribution in [0, 0.1) is 11.2 Å². The van der Waals surface area contributed by atoms with Crippen molar-refractivity contribution >= 4 is 0 Å². The highest BCUT2D eigenvalue weighted by Gasteiger charge is 2.30. The Balaban J connectivity index is 2.17. The smallest absolute Gasteiger partial charge is 0.132 e. The Hall–Kier alpha value is -1.13. The molecule has 0 saturated carbocycles. The van der Waals surface area contributed by atoms with Gasteiger partial charge in [-0.3, -0.25) is 0 Å². The Morgan fingerprint density at radius 2 is 2.10 bits per heavy atom. The molecule has 1 heterocycles. The van der Waals surface area contributed by atoms with Gasteiger partial charge < -0.3 is 14.8 Å². The van der Waals surface area contributed by atoms with Gasteiger partial charge in [0.15, 0.2) is 0 Å². The zero-order chi connectivity index (χ0) is 14.8. The SMILES string of the molecule is COc1cccc(F)c1C1CNCC(CC(C)(C)C)O1. The summed E-state index contributed by atoms with van der Waals surface area (Å²) in [7, 11) is 1.56. The predicted octanol–water partition coefficient (Wildman–Crippen LogP) is 3.30. The normalized spacial score (nSPS) is 23.6. The van der Waals surface area contributed by atoms with Crippen LogP contribution in [0.2, 0.25) is 0 Å². The number of hydrogen-bond acceptors (Lipinski definition) is 3. The van der Waals surface area contributed by atoms with E-state index in [4.69, 9.17) is 9.47 Å². The summed E-state index contributed by atoms with van der Waals surface area (Å²) in [5.74, 6) is 0.278. The Morgan fingerprint density at radius 1 is 1.35 bits per heavy atom. The average molecular weight is 281 g/mol. The highest BCUT2D eigenvalue weighted by atomic mass is 19.1. The molecule has 112 valence electrons. The molecule has 0 bridgehead atoms. The first-order valence-electron chi connectivity index (χ1n) is 7.09. The van der Waals surface area contributed by atoms with Gasteiger partial charge in [0.25, 0.3) is 0 Å². The summed E-state index contributed by atoms with van der Waals surface area (Å²) in [6.45, 7) is 7.97. The monoisotopic (exact) mass is 281 g/mol. The molecule has 20 heavy (non-hydrogen) atoms. The number of hydrogen-bond donors (Lipinski definition) is 1. The van der Waals surface area contributed by atoms with Gasteiger partial charge in [0.1, 0.15) is 17.7 Å². The fourth-order valence-electron chi connectivity index (χ4n) is 2.69. The van der Waals surface area contributed by atoms with Crippen LogP contribution in [-0.2, 0) is 4.74 Å². The predicted molar refractivity (Wildman–Crippen MR) is 77.5 cm³/mol. The van der Waals surface area contributed by atoms with E-state index in [0.717, 1.165) is 13.0 Å². The van der Waals surface area contributed by atoms with Crippen molar-refractivity contribution in [2.75, 3.05) is 20.2 Å². The van der Waals surface area contributed by atoms with Gasteiger partial charge >= 0.3 is 0 Å². The quantitative estimate of drug-likeness (QED) is 0.922. The van der Waals surface area contributed by atoms with Crippen molar-refractivity contribution in [2.24, 2.45) is 5.41 Å². The topological polar surface area (TPSA) is 30.5 Å². The zero-order valence-electron chi connectivity index (χ0n) is 12.7. The molecule has 0 radical (unpaired) electrons. The number of nitrogens with one attached hydrogen (secondary N) is 1. The molecule has 0 spiro atoms. The van der Waals surface area contributed by atoms with Gasteiger partial charge in [-0.05, 0) is 24.0 Å². The van der Waals surface area contributed by atoms with E-state index in [1.165, 1.54) is 6.07 Å². The maximum absolute atomic E-state index is 14.1.